The third-order valence-corrected chi connectivity index (χ3v) is 6.14. The van der Waals surface area contributed by atoms with E-state index in [1.807, 2.05) is 48.5 Å². The molecule has 0 unspecified atom stereocenters. The fourth-order valence-corrected chi connectivity index (χ4v) is 4.37. The highest BCUT2D eigenvalue weighted by Gasteiger charge is 2.42. The van der Waals surface area contributed by atoms with Crippen LogP contribution in [0.25, 0.3) is 11.0 Å². The molecule has 0 N–H and O–H groups in total. The van der Waals surface area contributed by atoms with Gasteiger partial charge in [0.05, 0.1) is 24.1 Å². The van der Waals surface area contributed by atoms with Crippen LogP contribution in [0.15, 0.2) is 75.9 Å². The van der Waals surface area contributed by atoms with Crippen LogP contribution < -0.4 is 10.2 Å². The second-order valence-corrected chi connectivity index (χ2v) is 8.09. The quantitative estimate of drug-likeness (QED) is 0.423. The van der Waals surface area contributed by atoms with Crippen LogP contribution >= 0.6 is 0 Å². The Hall–Kier alpha value is -3.93. The van der Waals surface area contributed by atoms with Gasteiger partial charge >= 0.3 is 0 Å². The molecular weight excluding hydrogens is 421 g/mol. The number of fused-ring (bicyclic) bond motifs is 2. The van der Waals surface area contributed by atoms with Crippen LogP contribution in [0.1, 0.15) is 45.8 Å². The molecule has 1 amide bonds. The number of amides is 1. The molecule has 0 radical (unpaired) electrons. The highest BCUT2D eigenvalue weighted by Crippen LogP contribution is 2.39. The van der Waals surface area contributed by atoms with Crippen LogP contribution in [0.3, 0.4) is 0 Å². The molecule has 4 aromatic rings. The predicted octanol–water partition coefficient (Wildman–Crippen LogP) is 5.25. The van der Waals surface area contributed by atoms with Gasteiger partial charge in [0.15, 0.2) is 5.43 Å². The zero-order valence-electron chi connectivity index (χ0n) is 18.3. The van der Waals surface area contributed by atoms with Crippen molar-refractivity contribution in [2.45, 2.75) is 25.9 Å². The molecule has 5 rings (SSSR count). The molecule has 6 heteroatoms. The third-order valence-electron chi connectivity index (χ3n) is 6.14. The molecule has 3 aromatic carbocycles. The van der Waals surface area contributed by atoms with Gasteiger partial charge in [0.2, 0.25) is 5.76 Å². The smallest absolute Gasteiger partial charge is 0.291 e. The first-order valence-electron chi connectivity index (χ1n) is 10.8. The number of carbonyl (C=O) groups is 1. The van der Waals surface area contributed by atoms with Gasteiger partial charge in [-0.3, -0.25) is 9.59 Å². The molecule has 0 saturated carbocycles. The van der Waals surface area contributed by atoms with E-state index < -0.39 is 11.9 Å². The van der Waals surface area contributed by atoms with Crippen LogP contribution in [-0.4, -0.2) is 17.9 Å². The first-order chi connectivity index (χ1) is 16.0. The number of hydrogen-bond donors (Lipinski definition) is 0. The maximum Gasteiger partial charge on any atom is 0.291 e. The monoisotopic (exact) mass is 443 g/mol. The number of halogens is 1. The largest absolute Gasteiger partial charge is 0.497 e. The zero-order valence-corrected chi connectivity index (χ0v) is 18.3. The minimum Gasteiger partial charge on any atom is -0.497 e. The van der Waals surface area contributed by atoms with Crippen molar-refractivity contribution in [1.29, 1.82) is 0 Å². The SMILES string of the molecule is CCc1ccc([C@@H]2c3c(oc4ccc(F)cc4c3=O)C(=O)N2Cc2ccc(OC)cc2)cc1. The maximum atomic E-state index is 13.9. The van der Waals surface area contributed by atoms with E-state index in [2.05, 4.69) is 6.92 Å². The van der Waals surface area contributed by atoms with Crippen molar-refractivity contribution in [2.75, 3.05) is 7.11 Å². The Balaban J connectivity index is 1.67. The molecule has 1 atom stereocenters. The summed E-state index contributed by atoms with van der Waals surface area (Å²) in [5.74, 6) is -0.171. The molecule has 5 nitrogen and oxygen atoms in total. The first kappa shape index (κ1) is 20.9. The molecule has 1 aromatic heterocycles. The van der Waals surface area contributed by atoms with E-state index in [1.54, 1.807) is 12.0 Å². The summed E-state index contributed by atoms with van der Waals surface area (Å²) in [4.78, 5) is 28.6. The van der Waals surface area contributed by atoms with Crippen molar-refractivity contribution in [3.63, 3.8) is 0 Å². The summed E-state index contributed by atoms with van der Waals surface area (Å²) in [5.41, 5.74) is 2.89. The van der Waals surface area contributed by atoms with Gasteiger partial charge in [0.25, 0.3) is 5.91 Å². The lowest BCUT2D eigenvalue weighted by Gasteiger charge is -2.25. The third kappa shape index (κ3) is 3.57. The molecule has 0 aliphatic carbocycles. The van der Waals surface area contributed by atoms with E-state index >= 15 is 0 Å². The van der Waals surface area contributed by atoms with Gasteiger partial charge < -0.3 is 14.1 Å². The summed E-state index contributed by atoms with van der Waals surface area (Å²) >= 11 is 0. The second-order valence-electron chi connectivity index (χ2n) is 8.09. The van der Waals surface area contributed by atoms with Crippen LogP contribution in [-0.2, 0) is 13.0 Å². The molecule has 0 saturated heterocycles. The summed E-state index contributed by atoms with van der Waals surface area (Å²) in [5, 5.41) is 0.128. The normalized spacial score (nSPS) is 15.2. The van der Waals surface area contributed by atoms with Crippen molar-refractivity contribution in [1.82, 2.24) is 4.90 Å². The Kier molecular flexibility index (Phi) is 5.21. The molecule has 33 heavy (non-hydrogen) atoms. The number of nitrogens with zero attached hydrogens (tertiary/aromatic N) is 1. The lowest BCUT2D eigenvalue weighted by Crippen LogP contribution is -2.29. The van der Waals surface area contributed by atoms with E-state index in [9.17, 15) is 14.0 Å². The van der Waals surface area contributed by atoms with E-state index in [0.717, 1.165) is 29.2 Å². The van der Waals surface area contributed by atoms with Crippen LogP contribution in [0.5, 0.6) is 5.75 Å². The Morgan fingerprint density at radius 2 is 1.67 bits per heavy atom. The topological polar surface area (TPSA) is 59.8 Å². The van der Waals surface area contributed by atoms with E-state index in [-0.39, 0.29) is 40.2 Å². The summed E-state index contributed by atoms with van der Waals surface area (Å²) < 4.78 is 25.0. The summed E-state index contributed by atoms with van der Waals surface area (Å²) in [7, 11) is 1.59. The van der Waals surface area contributed by atoms with Gasteiger partial charge in [-0.1, -0.05) is 43.3 Å². The number of hydrogen-bond acceptors (Lipinski definition) is 4. The lowest BCUT2D eigenvalue weighted by atomic mass is 9.97. The average Bonchev–Trinajstić information content (AvgIpc) is 3.12. The van der Waals surface area contributed by atoms with Crippen LogP contribution in [0.4, 0.5) is 4.39 Å². The number of aryl methyl sites for hydroxylation is 1. The van der Waals surface area contributed by atoms with Gasteiger partial charge in [0, 0.05) is 6.54 Å². The van der Waals surface area contributed by atoms with Crippen LogP contribution in [0, 0.1) is 5.82 Å². The summed E-state index contributed by atoms with van der Waals surface area (Å²) in [6.45, 7) is 2.34. The number of rotatable bonds is 5. The number of benzene rings is 3. The summed E-state index contributed by atoms with van der Waals surface area (Å²) in [6, 6.07) is 18.4. The van der Waals surface area contributed by atoms with Crippen molar-refractivity contribution >= 4 is 16.9 Å². The second kappa shape index (κ2) is 8.20. The first-order valence-corrected chi connectivity index (χ1v) is 10.8. The minimum absolute atomic E-state index is 0.0113. The van der Waals surface area contributed by atoms with Gasteiger partial charge in [0.1, 0.15) is 17.1 Å². The summed E-state index contributed by atoms with van der Waals surface area (Å²) in [6.07, 6.45) is 0.877. The van der Waals surface area contributed by atoms with Gasteiger partial charge in [-0.2, -0.15) is 0 Å². The Bertz CT molecular complexity index is 1410. The fraction of sp³-hybridized carbons (Fsp3) is 0.185. The molecule has 1 aliphatic heterocycles. The Morgan fingerprint density at radius 3 is 2.33 bits per heavy atom. The van der Waals surface area contributed by atoms with Crippen molar-refractivity contribution < 1.29 is 18.3 Å². The zero-order chi connectivity index (χ0) is 23.1. The maximum absolute atomic E-state index is 13.9. The van der Waals surface area contributed by atoms with Crippen LogP contribution in [0.2, 0.25) is 0 Å². The number of carbonyl (C=O) groups excluding carboxylic acids is 1. The molecule has 0 bridgehead atoms. The standard InChI is InChI=1S/C27H22FNO4/c1-3-16-4-8-18(9-5-16)24-23-25(30)21-14-19(28)10-13-22(21)33-26(23)27(31)29(24)15-17-6-11-20(32-2)12-7-17/h4-14,24H,3,15H2,1-2H3/t24-/m1/s1. The fourth-order valence-electron chi connectivity index (χ4n) is 4.37. The molecule has 166 valence electrons. The van der Waals surface area contributed by atoms with Crippen molar-refractivity contribution in [3.8, 4) is 5.75 Å². The molecule has 0 fully saturated rings. The molecule has 2 heterocycles. The number of ether oxygens (including phenoxy) is 1. The van der Waals surface area contributed by atoms with E-state index in [0.29, 0.717) is 5.75 Å². The van der Waals surface area contributed by atoms with Gasteiger partial charge in [-0.15, -0.1) is 0 Å². The lowest BCUT2D eigenvalue weighted by molar-refractivity contribution is 0.0714. The van der Waals surface area contributed by atoms with E-state index in [4.69, 9.17) is 9.15 Å². The van der Waals surface area contributed by atoms with Gasteiger partial charge in [-0.05, 0) is 53.4 Å². The van der Waals surface area contributed by atoms with Crippen molar-refractivity contribution in [3.05, 3.63) is 111 Å². The minimum atomic E-state index is -0.635. The molecule has 0 spiro atoms. The van der Waals surface area contributed by atoms with E-state index in [1.165, 1.54) is 12.1 Å². The highest BCUT2D eigenvalue weighted by atomic mass is 19.1. The Labute approximate surface area is 190 Å². The predicted molar refractivity (Wildman–Crippen MR) is 123 cm³/mol. The molecule has 1 aliphatic rings. The van der Waals surface area contributed by atoms with Crippen molar-refractivity contribution in [2.24, 2.45) is 0 Å². The molecular formula is C27H22FNO4. The van der Waals surface area contributed by atoms with Gasteiger partial charge in [-0.25, -0.2) is 4.39 Å². The number of methoxy groups -OCH3 is 1. The highest BCUT2D eigenvalue weighted by molar-refractivity contribution is 5.99. The Morgan fingerprint density at radius 1 is 0.970 bits per heavy atom. The average molecular weight is 443 g/mol.